The van der Waals surface area contributed by atoms with E-state index in [2.05, 4.69) is 61.0 Å². The van der Waals surface area contributed by atoms with Crippen LogP contribution in [0.1, 0.15) is 50.2 Å². The van der Waals surface area contributed by atoms with E-state index in [1.807, 2.05) is 0 Å². The van der Waals surface area contributed by atoms with Crippen molar-refractivity contribution in [2.75, 3.05) is 5.33 Å². The van der Waals surface area contributed by atoms with Crippen LogP contribution in [0.4, 0.5) is 0 Å². The average Bonchev–Trinajstić information content (AvgIpc) is 2.26. The molecule has 1 aromatic rings. The third-order valence-corrected chi connectivity index (χ3v) is 3.95. The quantitative estimate of drug-likeness (QED) is 0.621. The molecule has 0 aliphatic heterocycles. The van der Waals surface area contributed by atoms with E-state index in [0.717, 1.165) is 11.2 Å². The van der Waals surface area contributed by atoms with Gasteiger partial charge >= 0.3 is 0 Å². The molecular weight excluding hydrogens is 260 g/mol. The van der Waals surface area contributed by atoms with Crippen molar-refractivity contribution in [1.29, 1.82) is 0 Å². The van der Waals surface area contributed by atoms with Crippen LogP contribution >= 0.6 is 15.9 Å². The van der Waals surface area contributed by atoms with E-state index >= 15 is 0 Å². The van der Waals surface area contributed by atoms with Crippen LogP contribution in [0.5, 0.6) is 0 Å². The van der Waals surface area contributed by atoms with Crippen LogP contribution in [0.2, 0.25) is 0 Å². The zero-order chi connectivity index (χ0) is 12.0. The van der Waals surface area contributed by atoms with Gasteiger partial charge in [0.15, 0.2) is 0 Å². The van der Waals surface area contributed by atoms with Crippen molar-refractivity contribution < 1.29 is 0 Å². The van der Waals surface area contributed by atoms with Gasteiger partial charge in [-0.25, -0.2) is 0 Å². The highest BCUT2D eigenvalue weighted by molar-refractivity contribution is 9.09. The lowest BCUT2D eigenvalue weighted by Crippen LogP contribution is -2.06. The number of aryl methyl sites for hydroxylation is 1. The molecule has 0 fully saturated rings. The van der Waals surface area contributed by atoms with Crippen molar-refractivity contribution in [1.82, 2.24) is 0 Å². The van der Waals surface area contributed by atoms with Crippen LogP contribution in [-0.4, -0.2) is 5.33 Å². The van der Waals surface area contributed by atoms with Gasteiger partial charge in [0, 0.05) is 5.33 Å². The van der Waals surface area contributed by atoms with Gasteiger partial charge in [0.05, 0.1) is 0 Å². The van der Waals surface area contributed by atoms with E-state index in [9.17, 15) is 0 Å². The number of hydrogen-bond donors (Lipinski definition) is 0. The summed E-state index contributed by atoms with van der Waals surface area (Å²) in [7, 11) is 0. The van der Waals surface area contributed by atoms with Crippen molar-refractivity contribution in [3.05, 3.63) is 35.4 Å². The molecule has 2 unspecified atom stereocenters. The SMILES string of the molecule is CCCC(C)CC(CBr)c1cccc(C)c1. The highest BCUT2D eigenvalue weighted by atomic mass is 79.9. The molecule has 16 heavy (non-hydrogen) atoms. The van der Waals surface area contributed by atoms with Crippen LogP contribution in [0.3, 0.4) is 0 Å². The standard InChI is InChI=1S/C15H23Br/c1-4-6-12(2)10-15(11-16)14-8-5-7-13(3)9-14/h5,7-9,12,15H,4,6,10-11H2,1-3H3. The van der Waals surface area contributed by atoms with Gasteiger partial charge in [-0.15, -0.1) is 0 Å². The number of benzene rings is 1. The summed E-state index contributed by atoms with van der Waals surface area (Å²) in [5.41, 5.74) is 2.85. The Morgan fingerprint density at radius 3 is 2.62 bits per heavy atom. The third kappa shape index (κ3) is 4.29. The molecule has 0 bridgehead atoms. The summed E-state index contributed by atoms with van der Waals surface area (Å²) in [5.74, 6) is 1.49. The Kier molecular flexibility index (Phi) is 6.12. The van der Waals surface area contributed by atoms with Gasteiger partial charge in [0.1, 0.15) is 0 Å². The molecule has 0 radical (unpaired) electrons. The van der Waals surface area contributed by atoms with E-state index in [1.54, 1.807) is 0 Å². The minimum absolute atomic E-state index is 0.668. The first-order chi connectivity index (χ1) is 7.67. The summed E-state index contributed by atoms with van der Waals surface area (Å²) < 4.78 is 0. The third-order valence-electron chi connectivity index (χ3n) is 3.17. The van der Waals surface area contributed by atoms with Crippen molar-refractivity contribution in [3.63, 3.8) is 0 Å². The van der Waals surface area contributed by atoms with Gasteiger partial charge < -0.3 is 0 Å². The first kappa shape index (κ1) is 13.8. The molecule has 1 aromatic carbocycles. The van der Waals surface area contributed by atoms with E-state index in [-0.39, 0.29) is 0 Å². The van der Waals surface area contributed by atoms with E-state index in [0.29, 0.717) is 5.92 Å². The van der Waals surface area contributed by atoms with Crippen molar-refractivity contribution in [2.45, 2.75) is 46.0 Å². The Balaban J connectivity index is 2.67. The van der Waals surface area contributed by atoms with Gasteiger partial charge in [-0.3, -0.25) is 0 Å². The normalized spacial score (nSPS) is 14.8. The average molecular weight is 283 g/mol. The maximum absolute atomic E-state index is 3.66. The molecule has 0 aliphatic rings. The molecule has 0 aliphatic carbocycles. The Labute approximate surface area is 109 Å². The first-order valence-corrected chi connectivity index (χ1v) is 7.42. The summed E-state index contributed by atoms with van der Waals surface area (Å²) in [6, 6.07) is 8.93. The van der Waals surface area contributed by atoms with Gasteiger partial charge in [0.2, 0.25) is 0 Å². The fourth-order valence-corrected chi connectivity index (χ4v) is 2.95. The molecule has 0 spiro atoms. The number of rotatable bonds is 6. The van der Waals surface area contributed by atoms with Crippen LogP contribution in [-0.2, 0) is 0 Å². The minimum Gasteiger partial charge on any atom is -0.0921 e. The highest BCUT2D eigenvalue weighted by Gasteiger charge is 2.13. The molecule has 2 atom stereocenters. The highest BCUT2D eigenvalue weighted by Crippen LogP contribution is 2.28. The van der Waals surface area contributed by atoms with Crippen LogP contribution < -0.4 is 0 Å². The van der Waals surface area contributed by atoms with E-state index in [4.69, 9.17) is 0 Å². The zero-order valence-corrected chi connectivity index (χ0v) is 12.3. The Hall–Kier alpha value is -0.300. The molecule has 1 heteroatoms. The summed E-state index contributed by atoms with van der Waals surface area (Å²) in [6.45, 7) is 6.81. The predicted molar refractivity (Wildman–Crippen MR) is 76.4 cm³/mol. The number of halogens is 1. The molecule has 0 saturated heterocycles. The van der Waals surface area contributed by atoms with Crippen molar-refractivity contribution in [3.8, 4) is 0 Å². The molecule has 0 saturated carbocycles. The van der Waals surface area contributed by atoms with Gasteiger partial charge in [-0.2, -0.15) is 0 Å². The molecular formula is C15H23Br. The molecule has 0 N–H and O–H groups in total. The van der Waals surface area contributed by atoms with Crippen LogP contribution in [0.25, 0.3) is 0 Å². The second kappa shape index (κ2) is 7.11. The maximum Gasteiger partial charge on any atom is 0.0100 e. The molecule has 90 valence electrons. The fraction of sp³-hybridized carbons (Fsp3) is 0.600. The number of alkyl halides is 1. The monoisotopic (exact) mass is 282 g/mol. The summed E-state index contributed by atoms with van der Waals surface area (Å²) in [6.07, 6.45) is 3.93. The Bertz CT molecular complexity index is 306. The van der Waals surface area contributed by atoms with Gasteiger partial charge in [-0.1, -0.05) is 72.4 Å². The van der Waals surface area contributed by atoms with Crippen molar-refractivity contribution in [2.24, 2.45) is 5.92 Å². The summed E-state index contributed by atoms with van der Waals surface area (Å²) in [4.78, 5) is 0. The van der Waals surface area contributed by atoms with E-state index < -0.39 is 0 Å². The lowest BCUT2D eigenvalue weighted by atomic mass is 9.88. The van der Waals surface area contributed by atoms with Crippen LogP contribution in [0.15, 0.2) is 24.3 Å². The summed E-state index contributed by atoms with van der Waals surface area (Å²) >= 11 is 3.66. The van der Waals surface area contributed by atoms with Gasteiger partial charge in [0.25, 0.3) is 0 Å². The lowest BCUT2D eigenvalue weighted by Gasteiger charge is -2.19. The van der Waals surface area contributed by atoms with E-state index in [1.165, 1.54) is 30.4 Å². The van der Waals surface area contributed by atoms with Crippen LogP contribution in [0, 0.1) is 12.8 Å². The Morgan fingerprint density at radius 2 is 2.06 bits per heavy atom. The largest absolute Gasteiger partial charge is 0.0921 e. The Morgan fingerprint density at radius 1 is 1.31 bits per heavy atom. The van der Waals surface area contributed by atoms with Crippen molar-refractivity contribution >= 4 is 15.9 Å². The maximum atomic E-state index is 3.66. The first-order valence-electron chi connectivity index (χ1n) is 6.29. The molecule has 0 heterocycles. The smallest absolute Gasteiger partial charge is 0.0100 e. The molecule has 0 aromatic heterocycles. The predicted octanol–water partition coefficient (Wildman–Crippen LogP) is 5.30. The minimum atomic E-state index is 0.668. The van der Waals surface area contributed by atoms with Gasteiger partial charge in [-0.05, 0) is 30.7 Å². The lowest BCUT2D eigenvalue weighted by molar-refractivity contribution is 0.452. The molecule has 0 nitrogen and oxygen atoms in total. The topological polar surface area (TPSA) is 0 Å². The second-order valence-electron chi connectivity index (χ2n) is 4.89. The number of hydrogen-bond acceptors (Lipinski definition) is 0. The molecule has 1 rings (SSSR count). The fourth-order valence-electron chi connectivity index (χ4n) is 2.31. The summed E-state index contributed by atoms with van der Waals surface area (Å²) in [5, 5.41) is 1.07. The molecule has 0 amide bonds. The second-order valence-corrected chi connectivity index (χ2v) is 5.54. The zero-order valence-electron chi connectivity index (χ0n) is 10.7.